The summed E-state index contributed by atoms with van der Waals surface area (Å²) in [4.78, 5) is 0. The van der Waals surface area contributed by atoms with Gasteiger partial charge in [0.15, 0.2) is 0 Å². The fourth-order valence-corrected chi connectivity index (χ4v) is 1.65. The van der Waals surface area contributed by atoms with Crippen molar-refractivity contribution < 1.29 is 4.74 Å². The lowest BCUT2D eigenvalue weighted by Crippen LogP contribution is -2.00. The van der Waals surface area contributed by atoms with Gasteiger partial charge >= 0.3 is 0 Å². The predicted octanol–water partition coefficient (Wildman–Crippen LogP) is 3.99. The molecule has 2 rings (SSSR count). The standard InChI is InChI=1S/C14H20O/c1-3-11(2)13-5-4-6-14(9-13)15-10-12-7-8-12/h4-6,9,11-12H,3,7-8,10H2,1-2H3. The molecule has 0 saturated heterocycles. The summed E-state index contributed by atoms with van der Waals surface area (Å²) in [5, 5.41) is 0. The van der Waals surface area contributed by atoms with Gasteiger partial charge in [-0.2, -0.15) is 0 Å². The van der Waals surface area contributed by atoms with Crippen molar-refractivity contribution in [1.82, 2.24) is 0 Å². The summed E-state index contributed by atoms with van der Waals surface area (Å²) in [5.41, 5.74) is 1.39. The van der Waals surface area contributed by atoms with Gasteiger partial charge in [-0.25, -0.2) is 0 Å². The lowest BCUT2D eigenvalue weighted by molar-refractivity contribution is 0.299. The zero-order valence-corrected chi connectivity index (χ0v) is 9.70. The van der Waals surface area contributed by atoms with Crippen molar-refractivity contribution in [1.29, 1.82) is 0 Å². The second-order valence-electron chi connectivity index (χ2n) is 4.64. The molecule has 1 heteroatoms. The van der Waals surface area contributed by atoms with E-state index in [0.717, 1.165) is 18.3 Å². The van der Waals surface area contributed by atoms with Crippen LogP contribution in [0.4, 0.5) is 0 Å². The zero-order valence-electron chi connectivity index (χ0n) is 9.70. The first-order valence-electron chi connectivity index (χ1n) is 6.02. The summed E-state index contributed by atoms with van der Waals surface area (Å²) in [6, 6.07) is 8.55. The van der Waals surface area contributed by atoms with E-state index >= 15 is 0 Å². The van der Waals surface area contributed by atoms with E-state index in [1.165, 1.54) is 24.8 Å². The summed E-state index contributed by atoms with van der Waals surface area (Å²) in [5.74, 6) is 2.51. The quantitative estimate of drug-likeness (QED) is 0.704. The average molecular weight is 204 g/mol. The average Bonchev–Trinajstić information content (AvgIpc) is 3.09. The third-order valence-corrected chi connectivity index (χ3v) is 3.22. The molecule has 1 fully saturated rings. The maximum atomic E-state index is 5.77. The molecule has 1 saturated carbocycles. The molecule has 1 atom stereocenters. The summed E-state index contributed by atoms with van der Waals surface area (Å²) in [7, 11) is 0. The van der Waals surface area contributed by atoms with Crippen LogP contribution in [-0.2, 0) is 0 Å². The molecule has 0 N–H and O–H groups in total. The smallest absolute Gasteiger partial charge is 0.119 e. The van der Waals surface area contributed by atoms with Gasteiger partial charge in [-0.05, 0) is 48.8 Å². The third kappa shape index (κ3) is 2.98. The lowest BCUT2D eigenvalue weighted by Gasteiger charge is -2.11. The molecule has 0 spiro atoms. The highest BCUT2D eigenvalue weighted by molar-refractivity contribution is 5.30. The van der Waals surface area contributed by atoms with Crippen LogP contribution < -0.4 is 4.74 Å². The van der Waals surface area contributed by atoms with Gasteiger partial charge in [0.1, 0.15) is 5.75 Å². The molecule has 1 unspecified atom stereocenters. The van der Waals surface area contributed by atoms with Crippen LogP contribution in [0.3, 0.4) is 0 Å². The largest absolute Gasteiger partial charge is 0.493 e. The fraction of sp³-hybridized carbons (Fsp3) is 0.571. The Morgan fingerprint density at radius 3 is 2.87 bits per heavy atom. The monoisotopic (exact) mass is 204 g/mol. The minimum absolute atomic E-state index is 0.634. The Morgan fingerprint density at radius 1 is 1.40 bits per heavy atom. The SMILES string of the molecule is CCC(C)c1cccc(OCC2CC2)c1. The van der Waals surface area contributed by atoms with E-state index in [4.69, 9.17) is 4.74 Å². The van der Waals surface area contributed by atoms with Crippen LogP contribution in [0.15, 0.2) is 24.3 Å². The summed E-state index contributed by atoms with van der Waals surface area (Å²) in [6.07, 6.45) is 3.89. The molecule has 1 aliphatic carbocycles. The van der Waals surface area contributed by atoms with Gasteiger partial charge in [0.05, 0.1) is 6.61 Å². The second kappa shape index (κ2) is 4.69. The van der Waals surface area contributed by atoms with Crippen LogP contribution in [0.2, 0.25) is 0 Å². The zero-order chi connectivity index (χ0) is 10.7. The van der Waals surface area contributed by atoms with Gasteiger partial charge in [0.25, 0.3) is 0 Å². The first-order chi connectivity index (χ1) is 7.29. The van der Waals surface area contributed by atoms with Gasteiger partial charge in [0, 0.05) is 0 Å². The van der Waals surface area contributed by atoms with E-state index in [1.807, 2.05) is 0 Å². The molecular weight excluding hydrogens is 184 g/mol. The number of ether oxygens (including phenoxy) is 1. The van der Waals surface area contributed by atoms with E-state index in [0.29, 0.717) is 5.92 Å². The minimum atomic E-state index is 0.634. The van der Waals surface area contributed by atoms with E-state index in [9.17, 15) is 0 Å². The van der Waals surface area contributed by atoms with Crippen molar-refractivity contribution in [3.8, 4) is 5.75 Å². The van der Waals surface area contributed by atoms with Crippen LogP contribution in [0.5, 0.6) is 5.75 Å². The van der Waals surface area contributed by atoms with Gasteiger partial charge in [-0.1, -0.05) is 26.0 Å². The van der Waals surface area contributed by atoms with Crippen molar-refractivity contribution >= 4 is 0 Å². The van der Waals surface area contributed by atoms with Crippen LogP contribution in [0.1, 0.15) is 44.6 Å². The van der Waals surface area contributed by atoms with Gasteiger partial charge in [-0.15, -0.1) is 0 Å². The molecule has 0 heterocycles. The number of hydrogen-bond acceptors (Lipinski definition) is 1. The molecular formula is C14H20O. The molecule has 1 aliphatic rings. The highest BCUT2D eigenvalue weighted by atomic mass is 16.5. The summed E-state index contributed by atoms with van der Waals surface area (Å²) < 4.78 is 5.77. The van der Waals surface area contributed by atoms with Crippen LogP contribution >= 0.6 is 0 Å². The molecule has 0 aromatic heterocycles. The van der Waals surface area contributed by atoms with Crippen LogP contribution in [-0.4, -0.2) is 6.61 Å². The molecule has 15 heavy (non-hydrogen) atoms. The lowest BCUT2D eigenvalue weighted by atomic mass is 9.99. The van der Waals surface area contributed by atoms with Crippen LogP contribution in [0.25, 0.3) is 0 Å². The Hall–Kier alpha value is -0.980. The first kappa shape index (κ1) is 10.5. The first-order valence-corrected chi connectivity index (χ1v) is 6.02. The van der Waals surface area contributed by atoms with E-state index in [2.05, 4.69) is 38.1 Å². The molecule has 0 bridgehead atoms. The Morgan fingerprint density at radius 2 is 2.20 bits per heavy atom. The van der Waals surface area contributed by atoms with Gasteiger partial charge in [0.2, 0.25) is 0 Å². The molecule has 0 radical (unpaired) electrons. The minimum Gasteiger partial charge on any atom is -0.493 e. The highest BCUT2D eigenvalue weighted by Gasteiger charge is 2.21. The molecule has 0 aliphatic heterocycles. The number of rotatable bonds is 5. The van der Waals surface area contributed by atoms with E-state index < -0.39 is 0 Å². The molecule has 82 valence electrons. The normalized spacial score (nSPS) is 17.5. The van der Waals surface area contributed by atoms with Crippen LogP contribution in [0, 0.1) is 5.92 Å². The van der Waals surface area contributed by atoms with Gasteiger partial charge in [-0.3, -0.25) is 0 Å². The Bertz CT molecular complexity index is 315. The maximum absolute atomic E-state index is 5.77. The fourth-order valence-electron chi connectivity index (χ4n) is 1.65. The van der Waals surface area contributed by atoms with Gasteiger partial charge < -0.3 is 4.74 Å². The van der Waals surface area contributed by atoms with E-state index in [1.54, 1.807) is 0 Å². The Labute approximate surface area is 92.5 Å². The number of hydrogen-bond donors (Lipinski definition) is 0. The maximum Gasteiger partial charge on any atom is 0.119 e. The molecule has 1 nitrogen and oxygen atoms in total. The topological polar surface area (TPSA) is 9.23 Å². The molecule has 0 amide bonds. The predicted molar refractivity (Wildman–Crippen MR) is 63.4 cm³/mol. The van der Waals surface area contributed by atoms with Crippen molar-refractivity contribution in [2.24, 2.45) is 5.92 Å². The third-order valence-electron chi connectivity index (χ3n) is 3.22. The van der Waals surface area contributed by atoms with Crippen molar-refractivity contribution in [2.75, 3.05) is 6.61 Å². The Kier molecular flexibility index (Phi) is 3.30. The highest BCUT2D eigenvalue weighted by Crippen LogP contribution is 2.30. The van der Waals surface area contributed by atoms with Crippen molar-refractivity contribution in [2.45, 2.75) is 39.0 Å². The number of benzene rings is 1. The summed E-state index contributed by atoms with van der Waals surface area (Å²) >= 11 is 0. The van der Waals surface area contributed by atoms with Crippen molar-refractivity contribution in [3.63, 3.8) is 0 Å². The van der Waals surface area contributed by atoms with E-state index in [-0.39, 0.29) is 0 Å². The second-order valence-corrected chi connectivity index (χ2v) is 4.64. The van der Waals surface area contributed by atoms with Crippen molar-refractivity contribution in [3.05, 3.63) is 29.8 Å². The molecule has 1 aromatic carbocycles. The molecule has 1 aromatic rings. The Balaban J connectivity index is 1.97. The summed E-state index contributed by atoms with van der Waals surface area (Å²) in [6.45, 7) is 5.40.